The lowest BCUT2D eigenvalue weighted by atomic mass is 9.84. The third-order valence-corrected chi connectivity index (χ3v) is 5.38. The molecule has 1 N–H and O–H groups in total. The van der Waals surface area contributed by atoms with Crippen LogP contribution < -0.4 is 0 Å². The molecule has 5 nitrogen and oxygen atoms in total. The molecule has 0 aliphatic rings. The van der Waals surface area contributed by atoms with E-state index in [1.165, 1.54) is 12.5 Å². The molecule has 1 rings (SSSR count). The Morgan fingerprint density at radius 2 is 1.59 bits per heavy atom. The molecule has 0 aliphatic heterocycles. The van der Waals surface area contributed by atoms with E-state index >= 15 is 0 Å². The van der Waals surface area contributed by atoms with E-state index < -0.39 is 17.4 Å². The van der Waals surface area contributed by atoms with Crippen LogP contribution in [0, 0.1) is 5.41 Å². The monoisotopic (exact) mass is 406 g/mol. The quantitative estimate of drug-likeness (QED) is 0.215. The molecule has 0 heterocycles. The van der Waals surface area contributed by atoms with Gasteiger partial charge in [-0.1, -0.05) is 75.8 Å². The number of esters is 1. The molecule has 2 unspecified atom stereocenters. The molecule has 1 aromatic rings. The van der Waals surface area contributed by atoms with Gasteiger partial charge in [-0.25, -0.2) is 0 Å². The van der Waals surface area contributed by atoms with Gasteiger partial charge in [0.05, 0.1) is 12.7 Å². The first kappa shape index (κ1) is 25.2. The summed E-state index contributed by atoms with van der Waals surface area (Å²) in [6, 6.07) is 10.2. The van der Waals surface area contributed by atoms with Crippen molar-refractivity contribution >= 4 is 11.9 Å². The SMILES string of the molecule is CCC(C)OC(=O)C(C)(CCCCCCCCCOCc1ccccc1)C(=O)O. The van der Waals surface area contributed by atoms with E-state index in [0.717, 1.165) is 51.6 Å². The molecule has 0 aliphatic carbocycles. The number of carboxylic acids is 1. The Hall–Kier alpha value is -1.88. The molecule has 0 radical (unpaired) electrons. The fourth-order valence-corrected chi connectivity index (χ4v) is 3.02. The molecule has 0 aromatic heterocycles. The van der Waals surface area contributed by atoms with Gasteiger partial charge in [0.1, 0.15) is 0 Å². The number of ether oxygens (including phenoxy) is 2. The topological polar surface area (TPSA) is 72.8 Å². The standard InChI is InChI=1S/C24H38O5/c1-4-20(2)29-23(27)24(3,22(25)26)17-13-8-6-5-7-9-14-18-28-19-21-15-11-10-12-16-21/h10-12,15-16,20H,4-9,13-14,17-19H2,1-3H3,(H,25,26). The highest BCUT2D eigenvalue weighted by atomic mass is 16.5. The zero-order chi connectivity index (χ0) is 21.5. The summed E-state index contributed by atoms with van der Waals surface area (Å²) >= 11 is 0. The minimum absolute atomic E-state index is 0.252. The van der Waals surface area contributed by atoms with E-state index in [9.17, 15) is 14.7 Å². The molecule has 29 heavy (non-hydrogen) atoms. The van der Waals surface area contributed by atoms with E-state index in [0.29, 0.717) is 19.4 Å². The molecular weight excluding hydrogens is 368 g/mol. The predicted molar refractivity (Wildman–Crippen MR) is 115 cm³/mol. The number of carbonyl (C=O) groups excluding carboxylic acids is 1. The van der Waals surface area contributed by atoms with Crippen molar-refractivity contribution in [2.45, 2.75) is 91.3 Å². The van der Waals surface area contributed by atoms with Gasteiger partial charge in [-0.3, -0.25) is 9.59 Å². The highest BCUT2D eigenvalue weighted by molar-refractivity contribution is 5.98. The maximum Gasteiger partial charge on any atom is 0.323 e. The zero-order valence-corrected chi connectivity index (χ0v) is 18.3. The number of carbonyl (C=O) groups is 2. The molecule has 164 valence electrons. The van der Waals surface area contributed by atoms with Crippen LogP contribution in [0.4, 0.5) is 0 Å². The van der Waals surface area contributed by atoms with Gasteiger partial charge in [0.2, 0.25) is 0 Å². The lowest BCUT2D eigenvalue weighted by molar-refractivity contribution is -0.171. The Bertz CT molecular complexity index is 586. The molecular formula is C24H38O5. The van der Waals surface area contributed by atoms with Crippen LogP contribution in [0.3, 0.4) is 0 Å². The van der Waals surface area contributed by atoms with E-state index in [4.69, 9.17) is 9.47 Å². The second-order valence-corrected chi connectivity index (χ2v) is 8.02. The van der Waals surface area contributed by atoms with Gasteiger partial charge in [-0.15, -0.1) is 0 Å². The van der Waals surface area contributed by atoms with Crippen molar-refractivity contribution in [2.24, 2.45) is 5.41 Å². The second-order valence-electron chi connectivity index (χ2n) is 8.02. The maximum atomic E-state index is 12.2. The third kappa shape index (κ3) is 9.93. The Balaban J connectivity index is 2.08. The fourth-order valence-electron chi connectivity index (χ4n) is 3.02. The Kier molecular flexibility index (Phi) is 12.3. The first-order valence-electron chi connectivity index (χ1n) is 11.0. The summed E-state index contributed by atoms with van der Waals surface area (Å²) in [5.41, 5.74) is -0.242. The number of aliphatic carboxylic acids is 1. The second kappa shape index (κ2) is 14.2. The fraction of sp³-hybridized carbons (Fsp3) is 0.667. The van der Waals surface area contributed by atoms with Crippen LogP contribution in [-0.4, -0.2) is 29.8 Å². The molecule has 0 amide bonds. The zero-order valence-electron chi connectivity index (χ0n) is 18.3. The summed E-state index contributed by atoms with van der Waals surface area (Å²) in [5, 5.41) is 9.49. The minimum Gasteiger partial charge on any atom is -0.480 e. The van der Waals surface area contributed by atoms with Crippen molar-refractivity contribution in [3.8, 4) is 0 Å². The highest BCUT2D eigenvalue weighted by Crippen LogP contribution is 2.28. The predicted octanol–water partition coefficient (Wildman–Crippen LogP) is 5.76. The van der Waals surface area contributed by atoms with Crippen LogP contribution in [0.2, 0.25) is 0 Å². The Morgan fingerprint density at radius 1 is 1.00 bits per heavy atom. The highest BCUT2D eigenvalue weighted by Gasteiger charge is 2.42. The van der Waals surface area contributed by atoms with Crippen LogP contribution in [0.5, 0.6) is 0 Å². The van der Waals surface area contributed by atoms with Crippen LogP contribution in [0.1, 0.15) is 84.1 Å². The molecule has 0 spiro atoms. The first-order chi connectivity index (χ1) is 13.9. The number of hydrogen-bond acceptors (Lipinski definition) is 4. The summed E-state index contributed by atoms with van der Waals surface area (Å²) in [6.07, 6.45) is 7.94. The summed E-state index contributed by atoms with van der Waals surface area (Å²) in [6.45, 7) is 6.63. The van der Waals surface area contributed by atoms with Gasteiger partial charge in [0.25, 0.3) is 0 Å². The molecule has 2 atom stereocenters. The van der Waals surface area contributed by atoms with Crippen molar-refractivity contribution in [3.05, 3.63) is 35.9 Å². The van der Waals surface area contributed by atoms with Crippen molar-refractivity contribution in [1.29, 1.82) is 0 Å². The van der Waals surface area contributed by atoms with Gasteiger partial charge in [0, 0.05) is 6.61 Å². The first-order valence-corrected chi connectivity index (χ1v) is 11.0. The molecule has 1 aromatic carbocycles. The molecule has 0 bridgehead atoms. The number of hydrogen-bond donors (Lipinski definition) is 1. The van der Waals surface area contributed by atoms with Crippen molar-refractivity contribution in [2.75, 3.05) is 6.61 Å². The van der Waals surface area contributed by atoms with Gasteiger partial charge in [0.15, 0.2) is 5.41 Å². The maximum absolute atomic E-state index is 12.2. The van der Waals surface area contributed by atoms with Crippen LogP contribution in [0.15, 0.2) is 30.3 Å². The Morgan fingerprint density at radius 3 is 2.17 bits per heavy atom. The summed E-state index contributed by atoms with van der Waals surface area (Å²) in [4.78, 5) is 23.8. The van der Waals surface area contributed by atoms with Gasteiger partial charge in [-0.05, 0) is 38.7 Å². The molecule has 0 saturated carbocycles. The smallest absolute Gasteiger partial charge is 0.323 e. The lowest BCUT2D eigenvalue weighted by Gasteiger charge is -2.24. The van der Waals surface area contributed by atoms with Crippen molar-refractivity contribution in [1.82, 2.24) is 0 Å². The lowest BCUT2D eigenvalue weighted by Crippen LogP contribution is -2.39. The van der Waals surface area contributed by atoms with E-state index in [1.807, 2.05) is 25.1 Å². The summed E-state index contributed by atoms with van der Waals surface area (Å²) < 4.78 is 10.9. The summed E-state index contributed by atoms with van der Waals surface area (Å²) in [5.74, 6) is -1.71. The normalized spacial score (nSPS) is 14.2. The third-order valence-electron chi connectivity index (χ3n) is 5.38. The molecule has 0 saturated heterocycles. The van der Waals surface area contributed by atoms with Gasteiger partial charge >= 0.3 is 11.9 Å². The molecule has 5 heteroatoms. The minimum atomic E-state index is -1.44. The average molecular weight is 407 g/mol. The Labute approximate surface area is 175 Å². The van der Waals surface area contributed by atoms with Crippen LogP contribution >= 0.6 is 0 Å². The van der Waals surface area contributed by atoms with E-state index in [-0.39, 0.29) is 6.10 Å². The number of unbranched alkanes of at least 4 members (excludes halogenated alkanes) is 6. The summed E-state index contributed by atoms with van der Waals surface area (Å²) in [7, 11) is 0. The van der Waals surface area contributed by atoms with Crippen LogP contribution in [-0.2, 0) is 25.7 Å². The number of rotatable bonds is 16. The van der Waals surface area contributed by atoms with E-state index in [2.05, 4.69) is 12.1 Å². The number of carboxylic acid groups (broad SMARTS) is 1. The van der Waals surface area contributed by atoms with E-state index in [1.54, 1.807) is 6.92 Å². The van der Waals surface area contributed by atoms with Gasteiger partial charge < -0.3 is 14.6 Å². The number of benzene rings is 1. The average Bonchev–Trinajstić information content (AvgIpc) is 2.72. The largest absolute Gasteiger partial charge is 0.480 e. The molecule has 0 fully saturated rings. The van der Waals surface area contributed by atoms with Crippen LogP contribution in [0.25, 0.3) is 0 Å². The van der Waals surface area contributed by atoms with Crippen molar-refractivity contribution < 1.29 is 24.2 Å². The van der Waals surface area contributed by atoms with Gasteiger partial charge in [-0.2, -0.15) is 0 Å². The van der Waals surface area contributed by atoms with Crippen molar-refractivity contribution in [3.63, 3.8) is 0 Å².